The second kappa shape index (κ2) is 4.35. The molecule has 0 unspecified atom stereocenters. The monoisotopic (exact) mass is 215 g/mol. The van der Waals surface area contributed by atoms with Crippen LogP contribution in [0, 0.1) is 0 Å². The third kappa shape index (κ3) is 2.99. The molecule has 0 radical (unpaired) electrons. The molecule has 5 heteroatoms. The first-order valence-electron chi connectivity index (χ1n) is 4.32. The maximum atomic E-state index is 13.0. The second-order valence-corrected chi connectivity index (χ2v) is 3.12. The molecular formula is C10H11F2NO2. The summed E-state index contributed by atoms with van der Waals surface area (Å²) in [6.07, 6.45) is 0. The molecule has 0 fully saturated rings. The highest BCUT2D eigenvalue weighted by Crippen LogP contribution is 2.28. The fourth-order valence-electron chi connectivity index (χ4n) is 1.12. The Balaban J connectivity index is 2.97. The fraction of sp³-hybridized carbons (Fsp3) is 0.300. The first-order chi connectivity index (χ1) is 6.95. The molecule has 1 aromatic rings. The number of hydrogen-bond acceptors (Lipinski definition) is 2. The first kappa shape index (κ1) is 11.6. The van der Waals surface area contributed by atoms with Gasteiger partial charge in [0.15, 0.2) is 0 Å². The highest BCUT2D eigenvalue weighted by atomic mass is 19.3. The van der Waals surface area contributed by atoms with Crippen LogP contribution in [0.4, 0.5) is 14.5 Å². The Morgan fingerprint density at radius 1 is 1.53 bits per heavy atom. The molecule has 0 aliphatic heterocycles. The van der Waals surface area contributed by atoms with Gasteiger partial charge in [-0.05, 0) is 12.1 Å². The smallest absolute Gasteiger partial charge is 0.295 e. The lowest BCUT2D eigenvalue weighted by atomic mass is 10.1. The molecule has 3 nitrogen and oxygen atoms in total. The highest BCUT2D eigenvalue weighted by Gasteiger charge is 2.30. The van der Waals surface area contributed by atoms with Gasteiger partial charge < -0.3 is 10.4 Å². The van der Waals surface area contributed by atoms with Gasteiger partial charge in [-0.25, -0.2) is 0 Å². The average Bonchev–Trinajstić information content (AvgIpc) is 2.17. The number of rotatable bonds is 3. The van der Waals surface area contributed by atoms with Crippen molar-refractivity contribution in [1.82, 2.24) is 0 Å². The van der Waals surface area contributed by atoms with Crippen LogP contribution >= 0.6 is 0 Å². The average molecular weight is 215 g/mol. The Bertz CT molecular complexity index is 366. The molecule has 0 atom stereocenters. The molecule has 15 heavy (non-hydrogen) atoms. The molecule has 0 bridgehead atoms. The maximum absolute atomic E-state index is 13.0. The van der Waals surface area contributed by atoms with Crippen LogP contribution < -0.4 is 5.32 Å². The molecular weight excluding hydrogens is 204 g/mol. The van der Waals surface area contributed by atoms with Gasteiger partial charge in [-0.2, -0.15) is 8.78 Å². The largest absolute Gasteiger partial charge is 0.390 e. The standard InChI is InChI=1S/C10H11F2NO2/c1-7(15)13-9-4-2-3-8(5-9)10(11,12)6-14/h2-5,14H,6H2,1H3,(H,13,15). The van der Waals surface area contributed by atoms with Crippen molar-refractivity contribution in [3.63, 3.8) is 0 Å². The summed E-state index contributed by atoms with van der Waals surface area (Å²) in [4.78, 5) is 10.7. The van der Waals surface area contributed by atoms with Crippen molar-refractivity contribution in [2.75, 3.05) is 11.9 Å². The van der Waals surface area contributed by atoms with Crippen LogP contribution in [0.1, 0.15) is 12.5 Å². The number of aliphatic hydroxyl groups is 1. The Hall–Kier alpha value is -1.49. The van der Waals surface area contributed by atoms with Gasteiger partial charge in [0.1, 0.15) is 6.61 Å². The Morgan fingerprint density at radius 3 is 2.73 bits per heavy atom. The van der Waals surface area contributed by atoms with Crippen LogP contribution in [0.5, 0.6) is 0 Å². The number of amides is 1. The minimum absolute atomic E-state index is 0.285. The molecule has 0 heterocycles. The summed E-state index contributed by atoms with van der Waals surface area (Å²) in [5.41, 5.74) is -0.0376. The number of aliphatic hydroxyl groups excluding tert-OH is 1. The normalized spacial score (nSPS) is 11.2. The summed E-state index contributed by atoms with van der Waals surface area (Å²) in [6.45, 7) is 0.0351. The third-order valence-electron chi connectivity index (χ3n) is 1.80. The number of benzene rings is 1. The molecule has 1 rings (SSSR count). The SMILES string of the molecule is CC(=O)Nc1cccc(C(F)(F)CO)c1. The predicted molar refractivity (Wildman–Crippen MR) is 51.7 cm³/mol. The van der Waals surface area contributed by atoms with Crippen LogP contribution in [-0.4, -0.2) is 17.6 Å². The van der Waals surface area contributed by atoms with Crippen molar-refractivity contribution in [3.05, 3.63) is 29.8 Å². The number of halogens is 2. The van der Waals surface area contributed by atoms with E-state index in [9.17, 15) is 13.6 Å². The Morgan fingerprint density at radius 2 is 2.20 bits per heavy atom. The van der Waals surface area contributed by atoms with Crippen molar-refractivity contribution < 1.29 is 18.7 Å². The molecule has 0 saturated heterocycles. The number of carbonyl (C=O) groups is 1. The number of anilines is 1. The number of hydrogen-bond donors (Lipinski definition) is 2. The van der Waals surface area contributed by atoms with Crippen molar-refractivity contribution in [1.29, 1.82) is 0 Å². The van der Waals surface area contributed by atoms with E-state index in [0.717, 1.165) is 6.07 Å². The predicted octanol–water partition coefficient (Wildman–Crippen LogP) is 1.73. The molecule has 0 aliphatic carbocycles. The maximum Gasteiger partial charge on any atom is 0.295 e. The number of alkyl halides is 2. The van der Waals surface area contributed by atoms with Crippen molar-refractivity contribution >= 4 is 11.6 Å². The Kier molecular flexibility index (Phi) is 3.36. The zero-order valence-corrected chi connectivity index (χ0v) is 8.13. The van der Waals surface area contributed by atoms with Gasteiger partial charge in [0.25, 0.3) is 5.92 Å². The van der Waals surface area contributed by atoms with E-state index in [1.807, 2.05) is 0 Å². The van der Waals surface area contributed by atoms with Crippen molar-refractivity contribution in [2.45, 2.75) is 12.8 Å². The van der Waals surface area contributed by atoms with Gasteiger partial charge in [0, 0.05) is 18.2 Å². The molecule has 82 valence electrons. The quantitative estimate of drug-likeness (QED) is 0.806. The van der Waals surface area contributed by atoms with E-state index < -0.39 is 12.5 Å². The summed E-state index contributed by atoms with van der Waals surface area (Å²) >= 11 is 0. The minimum atomic E-state index is -3.28. The molecule has 0 aliphatic rings. The Labute approximate surface area is 85.7 Å². The van der Waals surface area contributed by atoms with Crippen LogP contribution in [-0.2, 0) is 10.7 Å². The molecule has 0 aromatic heterocycles. The van der Waals surface area contributed by atoms with E-state index in [4.69, 9.17) is 5.11 Å². The zero-order chi connectivity index (χ0) is 11.5. The van der Waals surface area contributed by atoms with Gasteiger partial charge in [-0.3, -0.25) is 4.79 Å². The summed E-state index contributed by atoms with van der Waals surface area (Å²) < 4.78 is 26.1. The summed E-state index contributed by atoms with van der Waals surface area (Å²) in [6, 6.07) is 5.22. The van der Waals surface area contributed by atoms with E-state index in [0.29, 0.717) is 0 Å². The fourth-order valence-corrected chi connectivity index (χ4v) is 1.12. The van der Waals surface area contributed by atoms with Gasteiger partial charge in [0.2, 0.25) is 5.91 Å². The summed E-state index contributed by atoms with van der Waals surface area (Å²) in [7, 11) is 0. The molecule has 1 aromatic carbocycles. The van der Waals surface area contributed by atoms with E-state index in [1.54, 1.807) is 0 Å². The number of carbonyl (C=O) groups excluding carboxylic acids is 1. The van der Waals surface area contributed by atoms with Gasteiger partial charge in [-0.1, -0.05) is 12.1 Å². The lowest BCUT2D eigenvalue weighted by Crippen LogP contribution is -2.18. The van der Waals surface area contributed by atoms with E-state index in [-0.39, 0.29) is 17.2 Å². The first-order valence-corrected chi connectivity index (χ1v) is 4.32. The minimum Gasteiger partial charge on any atom is -0.390 e. The van der Waals surface area contributed by atoms with Crippen molar-refractivity contribution in [2.24, 2.45) is 0 Å². The van der Waals surface area contributed by atoms with Gasteiger partial charge >= 0.3 is 0 Å². The summed E-state index contributed by atoms with van der Waals surface area (Å²) in [5.74, 6) is -3.62. The van der Waals surface area contributed by atoms with Crippen LogP contribution in [0.2, 0.25) is 0 Å². The number of nitrogens with one attached hydrogen (secondary N) is 1. The van der Waals surface area contributed by atoms with E-state index >= 15 is 0 Å². The van der Waals surface area contributed by atoms with E-state index in [2.05, 4.69) is 5.32 Å². The summed E-state index contributed by atoms with van der Waals surface area (Å²) in [5, 5.41) is 10.9. The van der Waals surface area contributed by atoms with Crippen LogP contribution in [0.3, 0.4) is 0 Å². The van der Waals surface area contributed by atoms with E-state index in [1.165, 1.54) is 25.1 Å². The van der Waals surface area contributed by atoms with Gasteiger partial charge in [0.05, 0.1) is 0 Å². The highest BCUT2D eigenvalue weighted by molar-refractivity contribution is 5.88. The van der Waals surface area contributed by atoms with Crippen LogP contribution in [0.15, 0.2) is 24.3 Å². The van der Waals surface area contributed by atoms with Crippen molar-refractivity contribution in [3.8, 4) is 0 Å². The molecule has 0 spiro atoms. The second-order valence-electron chi connectivity index (χ2n) is 3.12. The lowest BCUT2D eigenvalue weighted by molar-refractivity contribution is -0.114. The topological polar surface area (TPSA) is 49.3 Å². The third-order valence-corrected chi connectivity index (χ3v) is 1.80. The molecule has 1 amide bonds. The van der Waals surface area contributed by atoms with Crippen LogP contribution in [0.25, 0.3) is 0 Å². The molecule has 0 saturated carbocycles. The molecule has 2 N–H and O–H groups in total. The lowest BCUT2D eigenvalue weighted by Gasteiger charge is -2.14. The zero-order valence-electron chi connectivity index (χ0n) is 8.13. The van der Waals surface area contributed by atoms with Gasteiger partial charge in [-0.15, -0.1) is 0 Å².